The van der Waals surface area contributed by atoms with Crippen molar-refractivity contribution < 1.29 is 42.1 Å². The van der Waals surface area contributed by atoms with Gasteiger partial charge in [0.15, 0.2) is 6.10 Å². The lowest BCUT2D eigenvalue weighted by Gasteiger charge is -2.28. The Kier molecular flexibility index (Phi) is 37.3. The third kappa shape index (κ3) is 42.5. The van der Waals surface area contributed by atoms with E-state index < -0.39 is 32.5 Å². The Labute approximate surface area is 353 Å². The van der Waals surface area contributed by atoms with E-state index in [1.54, 1.807) is 0 Å². The molecule has 0 aliphatic rings. The molecule has 0 aliphatic carbocycles. The Morgan fingerprint density at radius 1 is 0.534 bits per heavy atom. The summed E-state index contributed by atoms with van der Waals surface area (Å²) in [6, 6.07) is 0. The molecule has 0 saturated heterocycles. The Morgan fingerprint density at radius 2 is 0.931 bits per heavy atom. The zero-order chi connectivity index (χ0) is 42.8. The van der Waals surface area contributed by atoms with Crippen LogP contribution in [0.2, 0.25) is 0 Å². The Morgan fingerprint density at radius 3 is 1.40 bits per heavy atom. The number of phosphoric acid groups is 1. The molecule has 9 nitrogen and oxygen atoms in total. The third-order valence-corrected chi connectivity index (χ3v) is 9.56. The molecule has 330 valence electrons. The van der Waals surface area contributed by atoms with Crippen LogP contribution >= 0.6 is 7.82 Å². The molecular weight excluding hydrogens is 750 g/mol. The number of hydrogen-bond donors (Lipinski definition) is 0. The molecule has 0 saturated carbocycles. The van der Waals surface area contributed by atoms with Crippen LogP contribution in [0.5, 0.6) is 0 Å². The molecule has 0 aromatic heterocycles. The van der Waals surface area contributed by atoms with Crippen LogP contribution in [0.15, 0.2) is 97.2 Å². The molecule has 0 bridgehead atoms. The minimum atomic E-state index is -4.65. The van der Waals surface area contributed by atoms with E-state index in [-0.39, 0.29) is 26.1 Å². The zero-order valence-electron chi connectivity index (χ0n) is 36.9. The first kappa shape index (κ1) is 54.9. The molecule has 10 heteroatoms. The molecule has 2 unspecified atom stereocenters. The lowest BCUT2D eigenvalue weighted by Crippen LogP contribution is -2.37. The summed E-state index contributed by atoms with van der Waals surface area (Å²) >= 11 is 0. The first-order chi connectivity index (χ1) is 28.0. The van der Waals surface area contributed by atoms with Crippen LogP contribution in [0.25, 0.3) is 0 Å². The van der Waals surface area contributed by atoms with Crippen LogP contribution in [0, 0.1) is 0 Å². The fraction of sp³-hybridized carbons (Fsp3) is 0.625. The van der Waals surface area contributed by atoms with Gasteiger partial charge < -0.3 is 27.9 Å². The van der Waals surface area contributed by atoms with Crippen molar-refractivity contribution in [2.75, 3.05) is 47.5 Å². The molecule has 0 rings (SSSR count). The highest BCUT2D eigenvalue weighted by molar-refractivity contribution is 7.45. The number of likely N-dealkylation sites (N-methyl/N-ethyl adjacent to an activating group) is 1. The summed E-state index contributed by atoms with van der Waals surface area (Å²) in [5.41, 5.74) is 0. The summed E-state index contributed by atoms with van der Waals surface area (Å²) in [6.07, 6.45) is 51.5. The SMILES string of the molecule is CC/C=C\C/C=C\C/C=C\C/C=C\C/C=C\CCCCCC(=O)OC(COC(=O)CCCCCCC/C=C\C/C=C\C/C=C\CC)COP(=O)([O-])OCC[N+](C)(C)C. The van der Waals surface area contributed by atoms with Crippen molar-refractivity contribution in [1.82, 2.24) is 0 Å². The molecule has 0 spiro atoms. The number of allylic oxidation sites excluding steroid dienone is 16. The van der Waals surface area contributed by atoms with Gasteiger partial charge in [0, 0.05) is 12.8 Å². The summed E-state index contributed by atoms with van der Waals surface area (Å²) in [6.45, 7) is 3.91. The van der Waals surface area contributed by atoms with E-state index >= 15 is 0 Å². The normalized spacial score (nSPS) is 14.5. The molecule has 0 fully saturated rings. The van der Waals surface area contributed by atoms with E-state index in [9.17, 15) is 19.0 Å². The molecule has 0 radical (unpaired) electrons. The van der Waals surface area contributed by atoms with Gasteiger partial charge in [-0.25, -0.2) is 0 Å². The standard InChI is InChI=1S/C48H80NO8P/c1-6-8-10-12-14-16-18-20-22-23-24-25-27-29-31-33-35-37-39-41-48(51)57-46(45-56-58(52,53)55-43-42-49(3,4)5)44-54-47(50)40-38-36-34-32-30-28-26-21-19-17-15-13-11-9-7-2/h8-11,14-17,20-22,24-26,29,31,46H,6-7,12-13,18-19,23,27-28,30,32-45H2,1-5H3/b10-8-,11-9-,16-14-,17-15-,22-20-,25-24-,26-21-,31-29-. The number of nitrogens with zero attached hydrogens (tertiary/aromatic N) is 1. The minimum absolute atomic E-state index is 0.0466. The van der Waals surface area contributed by atoms with E-state index in [2.05, 4.69) is 111 Å². The Bertz CT molecular complexity index is 1300. The monoisotopic (exact) mass is 830 g/mol. The molecule has 0 amide bonds. The van der Waals surface area contributed by atoms with Gasteiger partial charge in [-0.1, -0.05) is 137 Å². The molecular formula is C48H80NO8P. The molecule has 0 aromatic rings. The third-order valence-electron chi connectivity index (χ3n) is 8.60. The first-order valence-corrected chi connectivity index (χ1v) is 23.4. The van der Waals surface area contributed by atoms with Crippen LogP contribution < -0.4 is 4.89 Å². The summed E-state index contributed by atoms with van der Waals surface area (Å²) < 4.78 is 33.8. The second kappa shape index (κ2) is 39.4. The van der Waals surface area contributed by atoms with Crippen LogP contribution in [-0.4, -0.2) is 70.0 Å². The second-order valence-electron chi connectivity index (χ2n) is 15.3. The van der Waals surface area contributed by atoms with Crippen LogP contribution in [0.3, 0.4) is 0 Å². The number of rotatable bonds is 38. The number of quaternary nitrogens is 1. The van der Waals surface area contributed by atoms with Gasteiger partial charge in [-0.3, -0.25) is 14.2 Å². The van der Waals surface area contributed by atoms with Crippen molar-refractivity contribution in [3.8, 4) is 0 Å². The van der Waals surface area contributed by atoms with Crippen molar-refractivity contribution in [3.63, 3.8) is 0 Å². The Balaban J connectivity index is 4.48. The maximum absolute atomic E-state index is 12.7. The molecule has 58 heavy (non-hydrogen) atoms. The largest absolute Gasteiger partial charge is 0.756 e. The number of phosphoric ester groups is 1. The van der Waals surface area contributed by atoms with Gasteiger partial charge >= 0.3 is 11.9 Å². The van der Waals surface area contributed by atoms with Crippen molar-refractivity contribution in [2.45, 2.75) is 148 Å². The highest BCUT2D eigenvalue weighted by atomic mass is 31.2. The summed E-state index contributed by atoms with van der Waals surface area (Å²) in [4.78, 5) is 37.5. The average Bonchev–Trinajstić information content (AvgIpc) is 3.17. The quantitative estimate of drug-likeness (QED) is 0.0199. The minimum Gasteiger partial charge on any atom is -0.756 e. The Hall–Kier alpha value is -3.07. The van der Waals surface area contributed by atoms with E-state index in [1.165, 1.54) is 0 Å². The first-order valence-electron chi connectivity index (χ1n) is 21.9. The number of ether oxygens (including phenoxy) is 2. The smallest absolute Gasteiger partial charge is 0.306 e. The topological polar surface area (TPSA) is 111 Å². The van der Waals surface area contributed by atoms with Gasteiger partial charge in [0.05, 0.1) is 27.7 Å². The molecule has 2 atom stereocenters. The van der Waals surface area contributed by atoms with Crippen molar-refractivity contribution in [1.29, 1.82) is 0 Å². The van der Waals surface area contributed by atoms with Gasteiger partial charge in [0.1, 0.15) is 19.8 Å². The van der Waals surface area contributed by atoms with Crippen molar-refractivity contribution in [2.24, 2.45) is 0 Å². The van der Waals surface area contributed by atoms with Gasteiger partial charge in [-0.15, -0.1) is 0 Å². The summed E-state index contributed by atoms with van der Waals surface area (Å²) in [5, 5.41) is 0. The van der Waals surface area contributed by atoms with Crippen molar-refractivity contribution >= 4 is 19.8 Å². The van der Waals surface area contributed by atoms with Crippen molar-refractivity contribution in [3.05, 3.63) is 97.2 Å². The highest BCUT2D eigenvalue weighted by Crippen LogP contribution is 2.38. The van der Waals surface area contributed by atoms with Crippen LogP contribution in [0.4, 0.5) is 0 Å². The number of carbonyl (C=O) groups excluding carboxylic acids is 2. The highest BCUT2D eigenvalue weighted by Gasteiger charge is 2.21. The zero-order valence-corrected chi connectivity index (χ0v) is 37.8. The van der Waals surface area contributed by atoms with Crippen LogP contribution in [0.1, 0.15) is 142 Å². The lowest BCUT2D eigenvalue weighted by molar-refractivity contribution is -0.870. The maximum Gasteiger partial charge on any atom is 0.306 e. The van der Waals surface area contributed by atoms with Gasteiger partial charge in [0.25, 0.3) is 7.82 Å². The number of esters is 2. The van der Waals surface area contributed by atoms with E-state index in [0.717, 1.165) is 103 Å². The predicted octanol–water partition coefficient (Wildman–Crippen LogP) is 11.9. The number of hydrogen-bond acceptors (Lipinski definition) is 8. The second-order valence-corrected chi connectivity index (χ2v) is 16.7. The molecule has 0 aliphatic heterocycles. The average molecular weight is 830 g/mol. The van der Waals surface area contributed by atoms with E-state index in [1.807, 2.05) is 21.1 Å². The molecule has 0 aromatic carbocycles. The number of carbonyl (C=O) groups is 2. The van der Waals surface area contributed by atoms with E-state index in [4.69, 9.17) is 18.5 Å². The van der Waals surface area contributed by atoms with Gasteiger partial charge in [-0.05, 0) is 89.9 Å². The number of unbranched alkanes of at least 4 members (excludes halogenated alkanes) is 8. The van der Waals surface area contributed by atoms with Gasteiger partial charge in [-0.2, -0.15) is 0 Å². The fourth-order valence-electron chi connectivity index (χ4n) is 5.22. The predicted molar refractivity (Wildman–Crippen MR) is 240 cm³/mol. The molecule has 0 N–H and O–H groups in total. The summed E-state index contributed by atoms with van der Waals surface area (Å²) in [5.74, 6) is -0.904. The molecule has 0 heterocycles. The lowest BCUT2D eigenvalue weighted by atomic mass is 10.1. The maximum atomic E-state index is 12.7. The van der Waals surface area contributed by atoms with Crippen LogP contribution in [-0.2, 0) is 32.7 Å². The summed E-state index contributed by atoms with van der Waals surface area (Å²) in [7, 11) is 1.11. The fourth-order valence-corrected chi connectivity index (χ4v) is 5.95. The van der Waals surface area contributed by atoms with Gasteiger partial charge in [0.2, 0.25) is 0 Å². The van der Waals surface area contributed by atoms with E-state index in [0.29, 0.717) is 23.9 Å².